The number of aromatic nitrogens is 2. The molecular weight excluding hydrogens is 244 g/mol. The van der Waals surface area contributed by atoms with Crippen molar-refractivity contribution < 1.29 is 0 Å². The average Bonchev–Trinajstić information content (AvgIpc) is 2.80. The summed E-state index contributed by atoms with van der Waals surface area (Å²) in [5.41, 5.74) is 6.71. The van der Waals surface area contributed by atoms with Gasteiger partial charge in [0, 0.05) is 12.6 Å². The second-order valence-corrected chi connectivity index (χ2v) is 5.67. The number of hydrogen-bond acceptors (Lipinski definition) is 5. The molecule has 1 saturated carbocycles. The van der Waals surface area contributed by atoms with Crippen LogP contribution in [0.1, 0.15) is 25.7 Å². The number of nitrogens with zero attached hydrogens (tertiary/aromatic N) is 3. The maximum absolute atomic E-state index is 5.65. The number of fused-ring (bicyclic) bond motifs is 1. The van der Waals surface area contributed by atoms with Gasteiger partial charge in [0.2, 0.25) is 0 Å². The zero-order valence-electron chi connectivity index (χ0n) is 10.4. The summed E-state index contributed by atoms with van der Waals surface area (Å²) < 4.78 is 1.21. The van der Waals surface area contributed by atoms with E-state index < -0.39 is 0 Å². The van der Waals surface area contributed by atoms with E-state index in [0.717, 1.165) is 30.8 Å². The zero-order chi connectivity index (χ0) is 12.4. The van der Waals surface area contributed by atoms with Gasteiger partial charge in [-0.15, -0.1) is 11.3 Å². The van der Waals surface area contributed by atoms with Gasteiger partial charge in [-0.25, -0.2) is 9.97 Å². The van der Waals surface area contributed by atoms with Crippen molar-refractivity contribution >= 4 is 27.4 Å². The summed E-state index contributed by atoms with van der Waals surface area (Å²) in [6.45, 7) is 1.74. The molecule has 2 aromatic rings. The SMILES string of the molecule is NCCCN(c1ncnc2ccsc12)C1CCC1. The summed E-state index contributed by atoms with van der Waals surface area (Å²) in [5, 5.41) is 2.09. The van der Waals surface area contributed by atoms with Gasteiger partial charge in [-0.05, 0) is 43.7 Å². The molecular formula is C13H18N4S. The Morgan fingerprint density at radius 3 is 3.00 bits per heavy atom. The van der Waals surface area contributed by atoms with Crippen molar-refractivity contribution in [2.24, 2.45) is 5.73 Å². The first-order valence-corrected chi connectivity index (χ1v) is 7.43. The molecule has 1 aliphatic carbocycles. The van der Waals surface area contributed by atoms with Crippen LogP contribution in [0.3, 0.4) is 0 Å². The molecule has 1 aliphatic rings. The van der Waals surface area contributed by atoms with Gasteiger partial charge in [0.1, 0.15) is 12.1 Å². The first-order valence-electron chi connectivity index (χ1n) is 6.55. The highest BCUT2D eigenvalue weighted by Gasteiger charge is 2.27. The van der Waals surface area contributed by atoms with E-state index in [4.69, 9.17) is 5.73 Å². The van der Waals surface area contributed by atoms with Crippen molar-refractivity contribution in [3.8, 4) is 0 Å². The third kappa shape index (κ3) is 2.08. The molecule has 0 atom stereocenters. The predicted molar refractivity (Wildman–Crippen MR) is 76.1 cm³/mol. The lowest BCUT2D eigenvalue weighted by Crippen LogP contribution is -2.42. The van der Waals surface area contributed by atoms with E-state index in [9.17, 15) is 0 Å². The molecule has 0 unspecified atom stereocenters. The van der Waals surface area contributed by atoms with E-state index in [2.05, 4.69) is 26.3 Å². The lowest BCUT2D eigenvalue weighted by Gasteiger charge is -2.38. The summed E-state index contributed by atoms with van der Waals surface area (Å²) in [4.78, 5) is 11.3. The molecule has 2 N–H and O–H groups in total. The van der Waals surface area contributed by atoms with Gasteiger partial charge in [0.25, 0.3) is 0 Å². The van der Waals surface area contributed by atoms with Crippen LogP contribution in [0.25, 0.3) is 10.2 Å². The molecule has 2 aromatic heterocycles. The van der Waals surface area contributed by atoms with Crippen LogP contribution in [0.15, 0.2) is 17.8 Å². The van der Waals surface area contributed by atoms with Crippen molar-refractivity contribution in [3.63, 3.8) is 0 Å². The molecule has 0 aromatic carbocycles. The van der Waals surface area contributed by atoms with Crippen LogP contribution in [0.5, 0.6) is 0 Å². The van der Waals surface area contributed by atoms with Crippen molar-refractivity contribution in [1.82, 2.24) is 9.97 Å². The minimum Gasteiger partial charge on any atom is -0.352 e. The van der Waals surface area contributed by atoms with Gasteiger partial charge in [0.15, 0.2) is 0 Å². The van der Waals surface area contributed by atoms with E-state index in [1.807, 2.05) is 0 Å². The highest BCUT2D eigenvalue weighted by atomic mass is 32.1. The highest BCUT2D eigenvalue weighted by Crippen LogP contribution is 2.34. The Morgan fingerprint density at radius 1 is 1.39 bits per heavy atom. The molecule has 0 amide bonds. The average molecular weight is 262 g/mol. The summed E-state index contributed by atoms with van der Waals surface area (Å²) in [6, 6.07) is 2.71. The van der Waals surface area contributed by atoms with E-state index in [1.54, 1.807) is 17.7 Å². The summed E-state index contributed by atoms with van der Waals surface area (Å²) in [6.07, 6.45) is 6.59. The molecule has 5 heteroatoms. The lowest BCUT2D eigenvalue weighted by atomic mass is 9.91. The van der Waals surface area contributed by atoms with Crippen LogP contribution in [0.2, 0.25) is 0 Å². The minimum absolute atomic E-state index is 0.650. The fourth-order valence-electron chi connectivity index (χ4n) is 2.40. The highest BCUT2D eigenvalue weighted by molar-refractivity contribution is 7.17. The predicted octanol–water partition coefficient (Wildman–Crippen LogP) is 2.40. The molecule has 96 valence electrons. The first kappa shape index (κ1) is 11.9. The van der Waals surface area contributed by atoms with Gasteiger partial charge in [0.05, 0.1) is 10.2 Å². The summed E-state index contributed by atoms with van der Waals surface area (Å²) >= 11 is 1.73. The Hall–Kier alpha value is -1.20. The zero-order valence-corrected chi connectivity index (χ0v) is 11.2. The maximum Gasteiger partial charge on any atom is 0.150 e. The van der Waals surface area contributed by atoms with Gasteiger partial charge in [-0.1, -0.05) is 0 Å². The molecule has 0 saturated heterocycles. The largest absolute Gasteiger partial charge is 0.352 e. The Kier molecular flexibility index (Phi) is 3.43. The molecule has 0 bridgehead atoms. The topological polar surface area (TPSA) is 55.0 Å². The van der Waals surface area contributed by atoms with Crippen molar-refractivity contribution in [1.29, 1.82) is 0 Å². The standard InChI is InChI=1S/C13H18N4S/c14-6-2-7-17(10-3-1-4-10)13-12-11(5-8-18-12)15-9-16-13/h5,8-10H,1-4,6-7,14H2. The van der Waals surface area contributed by atoms with E-state index in [-0.39, 0.29) is 0 Å². The second kappa shape index (κ2) is 5.20. The third-order valence-corrected chi connectivity index (χ3v) is 4.51. The van der Waals surface area contributed by atoms with E-state index >= 15 is 0 Å². The van der Waals surface area contributed by atoms with Crippen LogP contribution in [0.4, 0.5) is 5.82 Å². The fraction of sp³-hybridized carbons (Fsp3) is 0.538. The normalized spacial score (nSPS) is 15.8. The van der Waals surface area contributed by atoms with Gasteiger partial charge in [-0.2, -0.15) is 0 Å². The number of hydrogen-bond donors (Lipinski definition) is 1. The van der Waals surface area contributed by atoms with Crippen LogP contribution >= 0.6 is 11.3 Å². The van der Waals surface area contributed by atoms with Gasteiger partial charge >= 0.3 is 0 Å². The maximum atomic E-state index is 5.65. The summed E-state index contributed by atoms with van der Waals surface area (Å²) in [7, 11) is 0. The molecule has 0 aliphatic heterocycles. The van der Waals surface area contributed by atoms with Crippen LogP contribution in [-0.2, 0) is 0 Å². The van der Waals surface area contributed by atoms with Gasteiger partial charge < -0.3 is 10.6 Å². The quantitative estimate of drug-likeness (QED) is 0.899. The monoisotopic (exact) mass is 262 g/mol. The van der Waals surface area contributed by atoms with E-state index in [1.165, 1.54) is 24.0 Å². The van der Waals surface area contributed by atoms with Crippen LogP contribution < -0.4 is 10.6 Å². The minimum atomic E-state index is 0.650. The van der Waals surface area contributed by atoms with Crippen molar-refractivity contribution in [2.45, 2.75) is 31.7 Å². The first-order chi connectivity index (χ1) is 8.90. The Bertz CT molecular complexity index is 520. The second-order valence-electron chi connectivity index (χ2n) is 4.75. The molecule has 18 heavy (non-hydrogen) atoms. The van der Waals surface area contributed by atoms with Crippen molar-refractivity contribution in [2.75, 3.05) is 18.0 Å². The van der Waals surface area contributed by atoms with Crippen molar-refractivity contribution in [3.05, 3.63) is 17.8 Å². The van der Waals surface area contributed by atoms with Gasteiger partial charge in [-0.3, -0.25) is 0 Å². The molecule has 1 fully saturated rings. The molecule has 3 rings (SSSR count). The fourth-order valence-corrected chi connectivity index (χ4v) is 3.25. The number of rotatable bonds is 5. The molecule has 2 heterocycles. The summed E-state index contributed by atoms with van der Waals surface area (Å²) in [5.74, 6) is 1.10. The third-order valence-electron chi connectivity index (χ3n) is 3.62. The number of thiophene rings is 1. The van der Waals surface area contributed by atoms with Crippen LogP contribution in [-0.4, -0.2) is 29.1 Å². The Balaban J connectivity index is 1.94. The Labute approximate surface area is 111 Å². The smallest absolute Gasteiger partial charge is 0.150 e. The number of nitrogens with two attached hydrogens (primary N) is 1. The molecule has 4 nitrogen and oxygen atoms in total. The lowest BCUT2D eigenvalue weighted by molar-refractivity contribution is 0.383. The Morgan fingerprint density at radius 2 is 2.28 bits per heavy atom. The van der Waals surface area contributed by atoms with Crippen LogP contribution in [0, 0.1) is 0 Å². The number of anilines is 1. The van der Waals surface area contributed by atoms with E-state index in [0.29, 0.717) is 6.04 Å². The molecule has 0 radical (unpaired) electrons. The molecule has 0 spiro atoms.